The number of amides is 1. The Hall–Kier alpha value is -0.610. The Labute approximate surface area is 98.0 Å². The molecule has 0 radical (unpaired) electrons. The van der Waals surface area contributed by atoms with Crippen molar-refractivity contribution in [3.63, 3.8) is 0 Å². The van der Waals surface area contributed by atoms with Gasteiger partial charge >= 0.3 is 0 Å². The lowest BCUT2D eigenvalue weighted by Gasteiger charge is -2.21. The summed E-state index contributed by atoms with van der Waals surface area (Å²) in [7, 11) is 0. The number of hydrogen-bond acceptors (Lipinski definition) is 3. The number of aliphatic hydroxyl groups is 1. The SMILES string of the molecule is CCN(CCCO)C(=O)CCC1CCNC1. The van der Waals surface area contributed by atoms with Gasteiger partial charge in [0.15, 0.2) is 0 Å². The largest absolute Gasteiger partial charge is 0.396 e. The van der Waals surface area contributed by atoms with Crippen molar-refractivity contribution >= 4 is 5.91 Å². The van der Waals surface area contributed by atoms with E-state index in [-0.39, 0.29) is 12.5 Å². The number of carbonyl (C=O) groups is 1. The fourth-order valence-electron chi connectivity index (χ4n) is 2.17. The van der Waals surface area contributed by atoms with Crippen molar-refractivity contribution in [2.45, 2.75) is 32.6 Å². The standard InChI is InChI=1S/C12H24N2O2/c1-2-14(8-3-9-15)12(16)5-4-11-6-7-13-10-11/h11,13,15H,2-10H2,1H3. The van der Waals surface area contributed by atoms with Crippen molar-refractivity contribution in [1.29, 1.82) is 0 Å². The number of rotatable bonds is 7. The van der Waals surface area contributed by atoms with Crippen LogP contribution in [-0.4, -0.2) is 48.7 Å². The van der Waals surface area contributed by atoms with Crippen LogP contribution in [-0.2, 0) is 4.79 Å². The summed E-state index contributed by atoms with van der Waals surface area (Å²) in [5.41, 5.74) is 0. The first-order chi connectivity index (χ1) is 7.77. The van der Waals surface area contributed by atoms with Crippen LogP contribution in [0, 0.1) is 5.92 Å². The molecular weight excluding hydrogens is 204 g/mol. The molecule has 1 heterocycles. The predicted molar refractivity (Wildman–Crippen MR) is 64.2 cm³/mol. The summed E-state index contributed by atoms with van der Waals surface area (Å²) < 4.78 is 0. The summed E-state index contributed by atoms with van der Waals surface area (Å²) in [5.74, 6) is 0.920. The Kier molecular flexibility index (Phi) is 6.42. The molecule has 2 N–H and O–H groups in total. The van der Waals surface area contributed by atoms with Gasteiger partial charge in [0.25, 0.3) is 0 Å². The summed E-state index contributed by atoms with van der Waals surface area (Å²) >= 11 is 0. The average molecular weight is 228 g/mol. The maximum Gasteiger partial charge on any atom is 0.222 e. The van der Waals surface area contributed by atoms with Crippen molar-refractivity contribution in [2.24, 2.45) is 5.92 Å². The highest BCUT2D eigenvalue weighted by molar-refractivity contribution is 5.76. The maximum atomic E-state index is 11.9. The number of nitrogens with zero attached hydrogens (tertiary/aromatic N) is 1. The molecule has 1 aliphatic rings. The Balaban J connectivity index is 2.19. The highest BCUT2D eigenvalue weighted by Gasteiger charge is 2.17. The molecule has 0 saturated carbocycles. The molecule has 0 aromatic carbocycles. The van der Waals surface area contributed by atoms with E-state index in [0.717, 1.165) is 26.1 Å². The topological polar surface area (TPSA) is 52.6 Å². The number of aliphatic hydroxyl groups excluding tert-OH is 1. The second-order valence-electron chi connectivity index (χ2n) is 4.45. The molecule has 1 unspecified atom stereocenters. The van der Waals surface area contributed by atoms with Gasteiger partial charge in [-0.2, -0.15) is 0 Å². The molecular formula is C12H24N2O2. The van der Waals surface area contributed by atoms with Gasteiger partial charge in [-0.1, -0.05) is 0 Å². The van der Waals surface area contributed by atoms with Crippen LogP contribution in [0.25, 0.3) is 0 Å². The van der Waals surface area contributed by atoms with Crippen molar-refractivity contribution in [2.75, 3.05) is 32.8 Å². The highest BCUT2D eigenvalue weighted by Crippen LogP contribution is 2.15. The van der Waals surface area contributed by atoms with Gasteiger partial charge in [-0.3, -0.25) is 4.79 Å². The van der Waals surface area contributed by atoms with E-state index in [0.29, 0.717) is 25.3 Å². The molecule has 0 bridgehead atoms. The van der Waals surface area contributed by atoms with Gasteiger partial charge in [-0.25, -0.2) is 0 Å². The number of nitrogens with one attached hydrogen (secondary N) is 1. The van der Waals surface area contributed by atoms with Crippen LogP contribution in [0.5, 0.6) is 0 Å². The van der Waals surface area contributed by atoms with E-state index in [1.807, 2.05) is 11.8 Å². The molecule has 0 aromatic rings. The lowest BCUT2D eigenvalue weighted by molar-refractivity contribution is -0.131. The van der Waals surface area contributed by atoms with Gasteiger partial charge in [-0.15, -0.1) is 0 Å². The Morgan fingerprint density at radius 1 is 1.56 bits per heavy atom. The fraction of sp³-hybridized carbons (Fsp3) is 0.917. The van der Waals surface area contributed by atoms with Crippen LogP contribution in [0.1, 0.15) is 32.6 Å². The molecule has 0 spiro atoms. The Bertz CT molecular complexity index is 203. The summed E-state index contributed by atoms with van der Waals surface area (Å²) in [6.45, 7) is 5.76. The van der Waals surface area contributed by atoms with Crippen molar-refractivity contribution in [3.05, 3.63) is 0 Å². The van der Waals surface area contributed by atoms with Gasteiger partial charge in [0, 0.05) is 26.1 Å². The minimum absolute atomic E-state index is 0.163. The van der Waals surface area contributed by atoms with Crippen molar-refractivity contribution in [1.82, 2.24) is 10.2 Å². The molecule has 4 nitrogen and oxygen atoms in total. The fourth-order valence-corrected chi connectivity index (χ4v) is 2.17. The van der Waals surface area contributed by atoms with Crippen LogP contribution in [0.15, 0.2) is 0 Å². The average Bonchev–Trinajstić information content (AvgIpc) is 2.80. The van der Waals surface area contributed by atoms with E-state index >= 15 is 0 Å². The molecule has 1 rings (SSSR count). The van der Waals surface area contributed by atoms with Gasteiger partial charge in [0.2, 0.25) is 5.91 Å². The smallest absolute Gasteiger partial charge is 0.222 e. The molecule has 1 atom stereocenters. The lowest BCUT2D eigenvalue weighted by Crippen LogP contribution is -2.32. The summed E-state index contributed by atoms with van der Waals surface area (Å²) in [4.78, 5) is 13.7. The maximum absolute atomic E-state index is 11.9. The Morgan fingerprint density at radius 2 is 2.38 bits per heavy atom. The van der Waals surface area contributed by atoms with Crippen LogP contribution in [0.4, 0.5) is 0 Å². The van der Waals surface area contributed by atoms with Gasteiger partial charge in [-0.05, 0) is 45.2 Å². The van der Waals surface area contributed by atoms with Crippen LogP contribution < -0.4 is 5.32 Å². The second-order valence-corrected chi connectivity index (χ2v) is 4.45. The summed E-state index contributed by atoms with van der Waals surface area (Å²) in [6.07, 6.45) is 3.55. The first-order valence-corrected chi connectivity index (χ1v) is 6.37. The minimum atomic E-state index is 0.163. The van der Waals surface area contributed by atoms with Crippen LogP contribution >= 0.6 is 0 Å². The molecule has 1 aliphatic heterocycles. The molecule has 1 amide bonds. The van der Waals surface area contributed by atoms with Crippen LogP contribution in [0.3, 0.4) is 0 Å². The molecule has 16 heavy (non-hydrogen) atoms. The third kappa shape index (κ3) is 4.49. The predicted octanol–water partition coefficient (Wildman–Crippen LogP) is 0.607. The van der Waals surface area contributed by atoms with E-state index < -0.39 is 0 Å². The number of carbonyl (C=O) groups excluding carboxylic acids is 1. The van der Waals surface area contributed by atoms with Crippen LogP contribution in [0.2, 0.25) is 0 Å². The van der Waals surface area contributed by atoms with E-state index in [4.69, 9.17) is 5.11 Å². The third-order valence-corrected chi connectivity index (χ3v) is 3.25. The zero-order valence-corrected chi connectivity index (χ0v) is 10.2. The number of hydrogen-bond donors (Lipinski definition) is 2. The zero-order chi connectivity index (χ0) is 11.8. The van der Waals surface area contributed by atoms with E-state index in [9.17, 15) is 4.79 Å². The monoisotopic (exact) mass is 228 g/mol. The first-order valence-electron chi connectivity index (χ1n) is 6.37. The molecule has 94 valence electrons. The van der Waals surface area contributed by atoms with Crippen molar-refractivity contribution in [3.8, 4) is 0 Å². The minimum Gasteiger partial charge on any atom is -0.396 e. The normalized spacial score (nSPS) is 20.0. The summed E-state index contributed by atoms with van der Waals surface area (Å²) in [5, 5.41) is 12.1. The molecule has 1 saturated heterocycles. The van der Waals surface area contributed by atoms with E-state index in [1.54, 1.807) is 0 Å². The lowest BCUT2D eigenvalue weighted by atomic mass is 10.0. The second kappa shape index (κ2) is 7.63. The van der Waals surface area contributed by atoms with Crippen molar-refractivity contribution < 1.29 is 9.90 Å². The van der Waals surface area contributed by atoms with Gasteiger partial charge in [0.05, 0.1) is 0 Å². The molecule has 0 aromatic heterocycles. The third-order valence-electron chi connectivity index (χ3n) is 3.25. The molecule has 4 heteroatoms. The quantitative estimate of drug-likeness (QED) is 0.671. The van der Waals surface area contributed by atoms with E-state index in [2.05, 4.69) is 5.32 Å². The van der Waals surface area contributed by atoms with Gasteiger partial charge < -0.3 is 15.3 Å². The van der Waals surface area contributed by atoms with Gasteiger partial charge in [0.1, 0.15) is 0 Å². The molecule has 1 fully saturated rings. The summed E-state index contributed by atoms with van der Waals surface area (Å²) in [6, 6.07) is 0. The highest BCUT2D eigenvalue weighted by atomic mass is 16.3. The zero-order valence-electron chi connectivity index (χ0n) is 10.2. The van der Waals surface area contributed by atoms with E-state index in [1.165, 1.54) is 6.42 Å². The molecule has 0 aliphatic carbocycles. The Morgan fingerprint density at radius 3 is 2.94 bits per heavy atom. The first kappa shape index (κ1) is 13.5.